The largest absolute Gasteiger partial charge is 0.399 e. The summed E-state index contributed by atoms with van der Waals surface area (Å²) in [4.78, 5) is 2.12. The Bertz CT molecular complexity index is 640. The molecule has 2 aromatic rings. The van der Waals surface area contributed by atoms with Gasteiger partial charge in [0.25, 0.3) is 0 Å². The van der Waals surface area contributed by atoms with Crippen LogP contribution < -0.4 is 10.6 Å². The second-order valence-electron chi connectivity index (χ2n) is 5.15. The third kappa shape index (κ3) is 2.46. The van der Waals surface area contributed by atoms with Crippen LogP contribution in [0.15, 0.2) is 36.4 Å². The molecular formula is C16H16F2N2. The molecule has 0 aromatic heterocycles. The number of rotatable bonds is 2. The van der Waals surface area contributed by atoms with Gasteiger partial charge in [0.05, 0.1) is 0 Å². The maximum atomic E-state index is 13.8. The van der Waals surface area contributed by atoms with Crippen LogP contribution >= 0.6 is 0 Å². The van der Waals surface area contributed by atoms with Crippen LogP contribution in [-0.2, 0) is 13.0 Å². The average Bonchev–Trinajstić information content (AvgIpc) is 2.41. The van der Waals surface area contributed by atoms with Gasteiger partial charge in [-0.3, -0.25) is 0 Å². The molecule has 0 spiro atoms. The van der Waals surface area contributed by atoms with Crippen LogP contribution in [-0.4, -0.2) is 6.54 Å². The number of nitrogens with two attached hydrogens (primary N) is 1. The smallest absolute Gasteiger partial charge is 0.131 e. The molecule has 0 radical (unpaired) electrons. The molecule has 0 aliphatic carbocycles. The Morgan fingerprint density at radius 1 is 1.10 bits per heavy atom. The molecule has 0 bridgehead atoms. The minimum absolute atomic E-state index is 0.447. The van der Waals surface area contributed by atoms with Crippen molar-refractivity contribution in [1.29, 1.82) is 0 Å². The van der Waals surface area contributed by atoms with Gasteiger partial charge in [-0.25, -0.2) is 8.78 Å². The summed E-state index contributed by atoms with van der Waals surface area (Å²) in [6.07, 6.45) is 2.00. The number of hydrogen-bond acceptors (Lipinski definition) is 2. The predicted octanol–water partition coefficient (Wildman–Crippen LogP) is 3.50. The number of benzene rings is 2. The van der Waals surface area contributed by atoms with Gasteiger partial charge >= 0.3 is 0 Å². The Kier molecular flexibility index (Phi) is 3.30. The number of fused-ring (bicyclic) bond motifs is 1. The van der Waals surface area contributed by atoms with Gasteiger partial charge in [-0.1, -0.05) is 6.07 Å². The minimum Gasteiger partial charge on any atom is -0.399 e. The molecular weight excluding hydrogens is 258 g/mol. The topological polar surface area (TPSA) is 29.3 Å². The minimum atomic E-state index is -0.543. The second kappa shape index (κ2) is 5.12. The Hall–Kier alpha value is -2.10. The Labute approximate surface area is 116 Å². The van der Waals surface area contributed by atoms with Gasteiger partial charge in [0.2, 0.25) is 0 Å². The van der Waals surface area contributed by atoms with Gasteiger partial charge in [0.1, 0.15) is 11.6 Å². The van der Waals surface area contributed by atoms with Crippen molar-refractivity contribution in [1.82, 2.24) is 0 Å². The average molecular weight is 274 g/mol. The molecule has 0 amide bonds. The number of nitrogen functional groups attached to an aromatic ring is 1. The van der Waals surface area contributed by atoms with Gasteiger partial charge in [-0.15, -0.1) is 0 Å². The van der Waals surface area contributed by atoms with Gasteiger partial charge in [0, 0.05) is 36.1 Å². The molecule has 0 saturated carbocycles. The van der Waals surface area contributed by atoms with Crippen LogP contribution in [0.5, 0.6) is 0 Å². The van der Waals surface area contributed by atoms with Crippen LogP contribution in [0.3, 0.4) is 0 Å². The van der Waals surface area contributed by atoms with Crippen molar-refractivity contribution in [3.05, 3.63) is 59.2 Å². The third-order valence-electron chi connectivity index (χ3n) is 3.69. The zero-order valence-corrected chi connectivity index (χ0v) is 11.1. The highest BCUT2D eigenvalue weighted by atomic mass is 19.1. The fourth-order valence-electron chi connectivity index (χ4n) is 2.71. The molecule has 1 aliphatic heterocycles. The number of hydrogen-bond donors (Lipinski definition) is 1. The molecule has 0 saturated heterocycles. The van der Waals surface area contributed by atoms with Crippen molar-refractivity contribution in [2.45, 2.75) is 19.4 Å². The van der Waals surface area contributed by atoms with Gasteiger partial charge in [0.15, 0.2) is 0 Å². The van der Waals surface area contributed by atoms with Crippen LogP contribution in [0.2, 0.25) is 0 Å². The number of nitrogens with zero attached hydrogens (tertiary/aromatic N) is 1. The zero-order valence-electron chi connectivity index (χ0n) is 11.1. The fraction of sp³-hybridized carbons (Fsp3) is 0.250. The van der Waals surface area contributed by atoms with E-state index in [1.54, 1.807) is 0 Å². The first-order valence-electron chi connectivity index (χ1n) is 6.71. The molecule has 20 heavy (non-hydrogen) atoms. The summed E-state index contributed by atoms with van der Waals surface area (Å²) in [5, 5.41) is 0. The lowest BCUT2D eigenvalue weighted by Gasteiger charge is -2.31. The van der Waals surface area contributed by atoms with Crippen LogP contribution in [0.4, 0.5) is 20.2 Å². The number of anilines is 2. The summed E-state index contributed by atoms with van der Waals surface area (Å²) < 4.78 is 26.7. The van der Waals surface area contributed by atoms with E-state index in [4.69, 9.17) is 5.73 Å². The Morgan fingerprint density at radius 2 is 1.95 bits per heavy atom. The van der Waals surface area contributed by atoms with E-state index in [0.29, 0.717) is 12.1 Å². The summed E-state index contributed by atoms with van der Waals surface area (Å²) >= 11 is 0. The van der Waals surface area contributed by atoms with E-state index in [1.807, 2.05) is 18.2 Å². The lowest BCUT2D eigenvalue weighted by atomic mass is 10.0. The molecule has 1 aliphatic rings. The standard InChI is InChI=1S/C16H16F2N2/c17-13-4-3-12(15(18)9-13)10-20-7-1-2-11-8-14(19)5-6-16(11)20/h3-6,8-9H,1-2,7,10,19H2. The van der Waals surface area contributed by atoms with E-state index in [2.05, 4.69) is 4.90 Å². The Balaban J connectivity index is 1.89. The van der Waals surface area contributed by atoms with Crippen LogP contribution in [0, 0.1) is 11.6 Å². The molecule has 0 atom stereocenters. The molecule has 4 heteroatoms. The highest BCUT2D eigenvalue weighted by Crippen LogP contribution is 2.30. The van der Waals surface area contributed by atoms with Crippen LogP contribution in [0.1, 0.15) is 17.5 Å². The summed E-state index contributed by atoms with van der Waals surface area (Å²) in [6, 6.07) is 9.55. The predicted molar refractivity (Wildman–Crippen MR) is 76.6 cm³/mol. The number of halogens is 2. The van der Waals surface area contributed by atoms with E-state index < -0.39 is 11.6 Å². The quantitative estimate of drug-likeness (QED) is 0.849. The summed E-state index contributed by atoms with van der Waals surface area (Å²) in [5.74, 6) is -1.04. The van der Waals surface area contributed by atoms with Crippen molar-refractivity contribution >= 4 is 11.4 Å². The molecule has 2 aromatic carbocycles. The van der Waals surface area contributed by atoms with Crippen molar-refractivity contribution in [3.8, 4) is 0 Å². The van der Waals surface area contributed by atoms with E-state index in [1.165, 1.54) is 17.7 Å². The highest BCUT2D eigenvalue weighted by molar-refractivity contribution is 5.61. The lowest BCUT2D eigenvalue weighted by molar-refractivity contribution is 0.566. The van der Waals surface area contributed by atoms with Gasteiger partial charge in [-0.2, -0.15) is 0 Å². The van der Waals surface area contributed by atoms with Crippen molar-refractivity contribution < 1.29 is 8.78 Å². The van der Waals surface area contributed by atoms with E-state index >= 15 is 0 Å². The highest BCUT2D eigenvalue weighted by Gasteiger charge is 2.18. The first-order valence-corrected chi connectivity index (χ1v) is 6.71. The number of aryl methyl sites for hydroxylation is 1. The van der Waals surface area contributed by atoms with Gasteiger partial charge < -0.3 is 10.6 Å². The molecule has 1 heterocycles. The SMILES string of the molecule is Nc1ccc2c(c1)CCCN2Cc1ccc(F)cc1F. The summed E-state index contributed by atoms with van der Waals surface area (Å²) in [5.41, 5.74) is 9.34. The third-order valence-corrected chi connectivity index (χ3v) is 3.69. The molecule has 3 rings (SSSR count). The monoisotopic (exact) mass is 274 g/mol. The van der Waals surface area contributed by atoms with E-state index in [0.717, 1.165) is 36.8 Å². The van der Waals surface area contributed by atoms with Crippen LogP contribution in [0.25, 0.3) is 0 Å². The molecule has 2 nitrogen and oxygen atoms in total. The molecule has 104 valence electrons. The first kappa shape index (κ1) is 12.9. The van der Waals surface area contributed by atoms with E-state index in [-0.39, 0.29) is 0 Å². The van der Waals surface area contributed by atoms with E-state index in [9.17, 15) is 8.78 Å². The molecule has 0 unspecified atom stereocenters. The molecule has 0 fully saturated rings. The normalized spacial score (nSPS) is 14.2. The van der Waals surface area contributed by atoms with Crippen molar-refractivity contribution in [2.24, 2.45) is 0 Å². The first-order chi connectivity index (χ1) is 9.63. The summed E-state index contributed by atoms with van der Waals surface area (Å²) in [7, 11) is 0. The Morgan fingerprint density at radius 3 is 2.75 bits per heavy atom. The van der Waals surface area contributed by atoms with Crippen molar-refractivity contribution in [3.63, 3.8) is 0 Å². The summed E-state index contributed by atoms with van der Waals surface area (Å²) in [6.45, 7) is 1.32. The maximum Gasteiger partial charge on any atom is 0.131 e. The second-order valence-corrected chi connectivity index (χ2v) is 5.15. The lowest BCUT2D eigenvalue weighted by Crippen LogP contribution is -2.29. The zero-order chi connectivity index (χ0) is 14.1. The fourth-order valence-corrected chi connectivity index (χ4v) is 2.71. The molecule has 2 N–H and O–H groups in total. The maximum absolute atomic E-state index is 13.8. The van der Waals surface area contributed by atoms with Crippen molar-refractivity contribution in [2.75, 3.05) is 17.2 Å². The van der Waals surface area contributed by atoms with Gasteiger partial charge in [-0.05, 0) is 42.7 Å².